The van der Waals surface area contributed by atoms with Crippen molar-refractivity contribution in [3.8, 4) is 5.75 Å². The van der Waals surface area contributed by atoms with Crippen LogP contribution in [0.2, 0.25) is 0 Å². The Balaban J connectivity index is 2.35. The zero-order valence-electron chi connectivity index (χ0n) is 12.1. The number of benzene rings is 1. The number of hydrogen-bond donors (Lipinski definition) is 2. The third-order valence-electron chi connectivity index (χ3n) is 2.40. The molecular formula is C14H21N3O4. The minimum atomic E-state index is -0.401. The number of hydrogen-bond acceptors (Lipinski definition) is 5. The Labute approximate surface area is 123 Å². The van der Waals surface area contributed by atoms with E-state index in [-0.39, 0.29) is 5.96 Å². The van der Waals surface area contributed by atoms with Crippen molar-refractivity contribution in [1.29, 1.82) is 0 Å². The summed E-state index contributed by atoms with van der Waals surface area (Å²) in [7, 11) is 0. The SMILES string of the molecule is CCOC(=O)c1ccccc1OCCOCCN=C(N)N. The number of nitrogens with two attached hydrogens (primary N) is 2. The van der Waals surface area contributed by atoms with E-state index in [1.807, 2.05) is 0 Å². The first kappa shape index (κ1) is 16.8. The first-order chi connectivity index (χ1) is 10.1. The lowest BCUT2D eigenvalue weighted by atomic mass is 10.2. The second-order valence-corrected chi connectivity index (χ2v) is 3.98. The summed E-state index contributed by atoms with van der Waals surface area (Å²) in [4.78, 5) is 15.5. The van der Waals surface area contributed by atoms with Crippen LogP contribution in [-0.2, 0) is 9.47 Å². The number of para-hydroxylation sites is 1. The van der Waals surface area contributed by atoms with Crippen molar-refractivity contribution in [2.45, 2.75) is 6.92 Å². The van der Waals surface area contributed by atoms with Gasteiger partial charge in [-0.05, 0) is 19.1 Å². The molecule has 0 aromatic heterocycles. The number of esters is 1. The molecular weight excluding hydrogens is 274 g/mol. The molecule has 1 rings (SSSR count). The Morgan fingerprint density at radius 2 is 1.95 bits per heavy atom. The van der Waals surface area contributed by atoms with Crippen molar-refractivity contribution >= 4 is 11.9 Å². The summed E-state index contributed by atoms with van der Waals surface area (Å²) in [6.07, 6.45) is 0. The van der Waals surface area contributed by atoms with Gasteiger partial charge in [-0.2, -0.15) is 0 Å². The van der Waals surface area contributed by atoms with Crippen molar-refractivity contribution in [3.63, 3.8) is 0 Å². The minimum absolute atomic E-state index is 0.0400. The fourth-order valence-electron chi connectivity index (χ4n) is 1.52. The molecule has 0 saturated heterocycles. The van der Waals surface area contributed by atoms with Crippen molar-refractivity contribution < 1.29 is 19.0 Å². The Morgan fingerprint density at radius 3 is 2.67 bits per heavy atom. The van der Waals surface area contributed by atoms with Gasteiger partial charge in [-0.3, -0.25) is 4.99 Å². The molecule has 0 bridgehead atoms. The fourth-order valence-corrected chi connectivity index (χ4v) is 1.52. The second-order valence-electron chi connectivity index (χ2n) is 3.98. The molecule has 0 saturated carbocycles. The van der Waals surface area contributed by atoms with E-state index in [2.05, 4.69) is 4.99 Å². The van der Waals surface area contributed by atoms with Crippen LogP contribution in [-0.4, -0.2) is 44.9 Å². The van der Waals surface area contributed by atoms with Crippen molar-refractivity contribution in [1.82, 2.24) is 0 Å². The van der Waals surface area contributed by atoms with Gasteiger partial charge in [0.1, 0.15) is 17.9 Å². The molecule has 0 heterocycles. The van der Waals surface area contributed by atoms with Crippen LogP contribution in [0.3, 0.4) is 0 Å². The van der Waals surface area contributed by atoms with Gasteiger partial charge in [0, 0.05) is 0 Å². The number of guanidine groups is 1. The third kappa shape index (κ3) is 6.62. The van der Waals surface area contributed by atoms with E-state index in [1.54, 1.807) is 31.2 Å². The average molecular weight is 295 g/mol. The number of rotatable bonds is 9. The Bertz CT molecular complexity index is 473. The van der Waals surface area contributed by atoms with Crippen LogP contribution in [0.4, 0.5) is 0 Å². The monoisotopic (exact) mass is 295 g/mol. The lowest BCUT2D eigenvalue weighted by Gasteiger charge is -2.10. The molecule has 21 heavy (non-hydrogen) atoms. The number of aliphatic imine (C=N–C) groups is 1. The van der Waals surface area contributed by atoms with E-state index in [1.165, 1.54) is 0 Å². The molecule has 0 aliphatic heterocycles. The van der Waals surface area contributed by atoms with Gasteiger partial charge < -0.3 is 25.7 Å². The summed E-state index contributed by atoms with van der Waals surface area (Å²) in [5.41, 5.74) is 10.8. The number of nitrogens with zero attached hydrogens (tertiary/aromatic N) is 1. The van der Waals surface area contributed by atoms with Gasteiger partial charge in [0.2, 0.25) is 0 Å². The van der Waals surface area contributed by atoms with Gasteiger partial charge in [-0.1, -0.05) is 12.1 Å². The van der Waals surface area contributed by atoms with Crippen LogP contribution in [0.5, 0.6) is 5.75 Å². The normalized spacial score (nSPS) is 9.95. The molecule has 0 fully saturated rings. The van der Waals surface area contributed by atoms with Crippen LogP contribution >= 0.6 is 0 Å². The summed E-state index contributed by atoms with van der Waals surface area (Å²) >= 11 is 0. The lowest BCUT2D eigenvalue weighted by molar-refractivity contribution is 0.0518. The number of carbonyl (C=O) groups excluding carboxylic acids is 1. The van der Waals surface area contributed by atoms with Crippen molar-refractivity contribution in [2.75, 3.05) is 33.0 Å². The Morgan fingerprint density at radius 1 is 1.19 bits per heavy atom. The molecule has 0 atom stereocenters. The number of carbonyl (C=O) groups is 1. The van der Waals surface area contributed by atoms with Crippen LogP contribution in [0, 0.1) is 0 Å². The zero-order valence-corrected chi connectivity index (χ0v) is 12.1. The first-order valence-electron chi connectivity index (χ1n) is 6.67. The molecule has 0 amide bonds. The van der Waals surface area contributed by atoms with Crippen molar-refractivity contribution in [2.24, 2.45) is 16.5 Å². The highest BCUT2D eigenvalue weighted by molar-refractivity contribution is 5.92. The van der Waals surface area contributed by atoms with E-state index in [0.717, 1.165) is 0 Å². The third-order valence-corrected chi connectivity index (χ3v) is 2.40. The summed E-state index contributed by atoms with van der Waals surface area (Å²) in [6.45, 7) is 3.57. The molecule has 0 unspecified atom stereocenters. The van der Waals surface area contributed by atoms with Crippen LogP contribution in [0.15, 0.2) is 29.3 Å². The second kappa shape index (κ2) is 9.60. The maximum absolute atomic E-state index is 11.7. The molecule has 0 aliphatic rings. The van der Waals surface area contributed by atoms with Gasteiger partial charge >= 0.3 is 5.97 Å². The maximum atomic E-state index is 11.7. The number of ether oxygens (including phenoxy) is 3. The molecule has 4 N–H and O–H groups in total. The highest BCUT2D eigenvalue weighted by Crippen LogP contribution is 2.18. The van der Waals surface area contributed by atoms with Gasteiger partial charge in [0.25, 0.3) is 0 Å². The fraction of sp³-hybridized carbons (Fsp3) is 0.429. The quantitative estimate of drug-likeness (QED) is 0.298. The van der Waals surface area contributed by atoms with Gasteiger partial charge in [0.05, 0.1) is 26.4 Å². The van der Waals surface area contributed by atoms with E-state index in [9.17, 15) is 4.79 Å². The standard InChI is InChI=1S/C14H21N3O4/c1-2-20-13(18)11-5-3-4-6-12(11)21-10-9-19-8-7-17-14(15)16/h3-6H,2,7-10H2,1H3,(H4,15,16,17). The van der Waals surface area contributed by atoms with Crippen LogP contribution in [0.25, 0.3) is 0 Å². The maximum Gasteiger partial charge on any atom is 0.341 e. The molecule has 0 aliphatic carbocycles. The molecule has 1 aromatic carbocycles. The Kier molecular flexibility index (Phi) is 7.67. The van der Waals surface area contributed by atoms with E-state index < -0.39 is 5.97 Å². The topological polar surface area (TPSA) is 109 Å². The molecule has 0 radical (unpaired) electrons. The molecule has 0 spiro atoms. The van der Waals surface area contributed by atoms with Crippen LogP contribution < -0.4 is 16.2 Å². The van der Waals surface area contributed by atoms with E-state index in [4.69, 9.17) is 25.7 Å². The van der Waals surface area contributed by atoms with E-state index >= 15 is 0 Å². The van der Waals surface area contributed by atoms with Crippen molar-refractivity contribution in [3.05, 3.63) is 29.8 Å². The molecule has 1 aromatic rings. The average Bonchev–Trinajstić information content (AvgIpc) is 2.46. The summed E-state index contributed by atoms with van der Waals surface area (Å²) < 4.78 is 15.8. The predicted molar refractivity (Wildman–Crippen MR) is 79.4 cm³/mol. The summed E-state index contributed by atoms with van der Waals surface area (Å²) in [5, 5.41) is 0. The van der Waals surface area contributed by atoms with Gasteiger partial charge in [0.15, 0.2) is 5.96 Å². The summed E-state index contributed by atoms with van der Waals surface area (Å²) in [6, 6.07) is 6.92. The molecule has 116 valence electrons. The Hall–Kier alpha value is -2.28. The zero-order chi connectivity index (χ0) is 15.5. The highest BCUT2D eigenvalue weighted by atomic mass is 16.5. The van der Waals surface area contributed by atoms with Gasteiger partial charge in [-0.25, -0.2) is 4.79 Å². The largest absolute Gasteiger partial charge is 0.490 e. The highest BCUT2D eigenvalue weighted by Gasteiger charge is 2.12. The predicted octanol–water partition coefficient (Wildman–Crippen LogP) is 0.532. The smallest absolute Gasteiger partial charge is 0.341 e. The lowest BCUT2D eigenvalue weighted by Crippen LogP contribution is -2.23. The molecule has 7 nitrogen and oxygen atoms in total. The van der Waals surface area contributed by atoms with Gasteiger partial charge in [-0.15, -0.1) is 0 Å². The molecule has 7 heteroatoms. The summed E-state index contributed by atoms with van der Waals surface area (Å²) in [5.74, 6) is 0.115. The first-order valence-corrected chi connectivity index (χ1v) is 6.67. The van der Waals surface area contributed by atoms with Crippen LogP contribution in [0.1, 0.15) is 17.3 Å². The minimum Gasteiger partial charge on any atom is -0.490 e. The van der Waals surface area contributed by atoms with E-state index in [0.29, 0.717) is 44.3 Å².